The summed E-state index contributed by atoms with van der Waals surface area (Å²) < 4.78 is 0. The van der Waals surface area contributed by atoms with Crippen LogP contribution >= 0.6 is 11.3 Å². The van der Waals surface area contributed by atoms with Crippen LogP contribution in [0.5, 0.6) is 0 Å². The third-order valence-corrected chi connectivity index (χ3v) is 4.03. The lowest BCUT2D eigenvalue weighted by molar-refractivity contribution is 0.423. The van der Waals surface area contributed by atoms with E-state index in [-0.39, 0.29) is 5.54 Å². The van der Waals surface area contributed by atoms with Crippen LogP contribution in [0.4, 0.5) is 0 Å². The molecule has 0 saturated carbocycles. The van der Waals surface area contributed by atoms with E-state index in [0.29, 0.717) is 0 Å². The smallest absolute Gasteiger partial charge is 0.148 e. The van der Waals surface area contributed by atoms with Crippen LogP contribution in [0, 0.1) is 13.8 Å². The van der Waals surface area contributed by atoms with Gasteiger partial charge in [0, 0.05) is 11.1 Å². The Hall–Kier alpha value is -1.26. The van der Waals surface area contributed by atoms with Crippen LogP contribution in [-0.2, 0) is 6.54 Å². The first-order valence-electron chi connectivity index (χ1n) is 6.51. The number of nitrogens with zero attached hydrogens (tertiary/aromatic N) is 2. The van der Waals surface area contributed by atoms with E-state index in [1.165, 1.54) is 16.7 Å². The number of aryl methyl sites for hydroxylation is 1. The Morgan fingerprint density at radius 1 is 1.16 bits per heavy atom. The largest absolute Gasteiger partial charge is 0.306 e. The van der Waals surface area contributed by atoms with Gasteiger partial charge in [0.15, 0.2) is 0 Å². The quantitative estimate of drug-likeness (QED) is 0.928. The predicted molar refractivity (Wildman–Crippen MR) is 81.4 cm³/mol. The molecule has 0 saturated heterocycles. The molecular weight excluding hydrogens is 254 g/mol. The van der Waals surface area contributed by atoms with Crippen LogP contribution in [0.15, 0.2) is 18.2 Å². The van der Waals surface area contributed by atoms with Crippen molar-refractivity contribution in [2.24, 2.45) is 0 Å². The molecule has 102 valence electrons. The predicted octanol–water partition coefficient (Wildman–Crippen LogP) is 3.71. The summed E-state index contributed by atoms with van der Waals surface area (Å²) in [4.78, 5) is 0. The minimum Gasteiger partial charge on any atom is -0.306 e. The van der Waals surface area contributed by atoms with Crippen LogP contribution in [0.3, 0.4) is 0 Å². The molecule has 0 spiro atoms. The first kappa shape index (κ1) is 14.2. The fraction of sp³-hybridized carbons (Fsp3) is 0.467. The summed E-state index contributed by atoms with van der Waals surface area (Å²) in [7, 11) is 0. The van der Waals surface area contributed by atoms with Crippen molar-refractivity contribution in [3.05, 3.63) is 34.3 Å². The zero-order valence-corrected chi connectivity index (χ0v) is 13.1. The van der Waals surface area contributed by atoms with E-state index in [4.69, 9.17) is 0 Å². The molecule has 0 aliphatic rings. The molecule has 1 heterocycles. The number of aromatic nitrogens is 2. The van der Waals surface area contributed by atoms with Crippen molar-refractivity contribution >= 4 is 11.3 Å². The fourth-order valence-electron chi connectivity index (χ4n) is 1.76. The molecule has 0 fully saturated rings. The van der Waals surface area contributed by atoms with Crippen molar-refractivity contribution in [3.8, 4) is 10.6 Å². The number of hydrogen-bond donors (Lipinski definition) is 1. The van der Waals surface area contributed by atoms with Gasteiger partial charge in [0.2, 0.25) is 0 Å². The van der Waals surface area contributed by atoms with Crippen molar-refractivity contribution in [2.45, 2.75) is 46.7 Å². The molecule has 0 atom stereocenters. The first-order chi connectivity index (χ1) is 8.87. The third-order valence-electron chi connectivity index (χ3n) is 3.07. The topological polar surface area (TPSA) is 37.8 Å². The highest BCUT2D eigenvalue weighted by molar-refractivity contribution is 7.14. The molecule has 0 aliphatic heterocycles. The molecule has 0 radical (unpaired) electrons. The number of nitrogens with one attached hydrogen (secondary N) is 1. The zero-order chi connectivity index (χ0) is 14.0. The van der Waals surface area contributed by atoms with E-state index >= 15 is 0 Å². The van der Waals surface area contributed by atoms with Crippen molar-refractivity contribution in [1.29, 1.82) is 0 Å². The summed E-state index contributed by atoms with van der Waals surface area (Å²) in [6.07, 6.45) is 0. The van der Waals surface area contributed by atoms with E-state index in [2.05, 4.69) is 68.3 Å². The third kappa shape index (κ3) is 3.61. The van der Waals surface area contributed by atoms with Crippen molar-refractivity contribution in [3.63, 3.8) is 0 Å². The molecule has 1 aromatic heterocycles. The van der Waals surface area contributed by atoms with Crippen LogP contribution in [0.25, 0.3) is 10.6 Å². The summed E-state index contributed by atoms with van der Waals surface area (Å²) in [5, 5.41) is 14.1. The standard InChI is InChI=1S/C15H21N3S/c1-10-7-6-8-12(11(10)2)14-18-17-13(19-14)9-16-15(3,4)5/h6-8,16H,9H2,1-5H3. The SMILES string of the molecule is Cc1cccc(-c2nnc(CNC(C)(C)C)s2)c1C. The molecule has 2 rings (SSSR count). The summed E-state index contributed by atoms with van der Waals surface area (Å²) in [5.74, 6) is 0. The first-order valence-corrected chi connectivity index (χ1v) is 7.32. The number of rotatable bonds is 3. The molecule has 0 aliphatic carbocycles. The molecule has 3 nitrogen and oxygen atoms in total. The van der Waals surface area contributed by atoms with Gasteiger partial charge in [0.25, 0.3) is 0 Å². The maximum absolute atomic E-state index is 4.32. The summed E-state index contributed by atoms with van der Waals surface area (Å²) in [6, 6.07) is 6.32. The maximum Gasteiger partial charge on any atom is 0.148 e. The number of hydrogen-bond acceptors (Lipinski definition) is 4. The van der Waals surface area contributed by atoms with E-state index in [1.807, 2.05) is 0 Å². The second-order valence-electron chi connectivity index (χ2n) is 5.85. The summed E-state index contributed by atoms with van der Waals surface area (Å²) in [5.41, 5.74) is 3.88. The van der Waals surface area contributed by atoms with Gasteiger partial charge in [-0.3, -0.25) is 0 Å². The van der Waals surface area contributed by atoms with Gasteiger partial charge in [-0.05, 0) is 45.7 Å². The Bertz CT molecular complexity index is 567. The van der Waals surface area contributed by atoms with Gasteiger partial charge in [-0.1, -0.05) is 29.5 Å². The minimum absolute atomic E-state index is 0.102. The van der Waals surface area contributed by atoms with E-state index in [9.17, 15) is 0 Å². The highest BCUT2D eigenvalue weighted by Crippen LogP contribution is 2.28. The lowest BCUT2D eigenvalue weighted by Crippen LogP contribution is -2.35. The minimum atomic E-state index is 0.102. The molecule has 0 bridgehead atoms. The fourth-order valence-corrected chi connectivity index (χ4v) is 2.62. The van der Waals surface area contributed by atoms with Crippen LogP contribution in [0.1, 0.15) is 36.9 Å². The molecule has 0 unspecified atom stereocenters. The van der Waals surface area contributed by atoms with Crippen molar-refractivity contribution in [2.75, 3.05) is 0 Å². The van der Waals surface area contributed by atoms with Gasteiger partial charge in [-0.15, -0.1) is 10.2 Å². The Balaban J connectivity index is 2.19. The Kier molecular flexibility index (Phi) is 4.02. The van der Waals surface area contributed by atoms with Gasteiger partial charge < -0.3 is 5.32 Å². The van der Waals surface area contributed by atoms with Gasteiger partial charge in [0.1, 0.15) is 10.0 Å². The monoisotopic (exact) mass is 275 g/mol. The molecule has 2 aromatic rings. The lowest BCUT2D eigenvalue weighted by atomic mass is 10.0. The van der Waals surface area contributed by atoms with E-state index < -0.39 is 0 Å². The van der Waals surface area contributed by atoms with Crippen molar-refractivity contribution in [1.82, 2.24) is 15.5 Å². The molecule has 0 amide bonds. The average Bonchev–Trinajstić information content (AvgIpc) is 2.78. The summed E-state index contributed by atoms with van der Waals surface area (Å²) >= 11 is 1.66. The van der Waals surface area contributed by atoms with Crippen molar-refractivity contribution < 1.29 is 0 Å². The van der Waals surface area contributed by atoms with Crippen LogP contribution in [-0.4, -0.2) is 15.7 Å². The average molecular weight is 275 g/mol. The van der Waals surface area contributed by atoms with Crippen LogP contribution < -0.4 is 5.32 Å². The molecule has 1 N–H and O–H groups in total. The number of benzene rings is 1. The molecule has 4 heteroatoms. The van der Waals surface area contributed by atoms with Gasteiger partial charge >= 0.3 is 0 Å². The van der Waals surface area contributed by atoms with Crippen LogP contribution in [0.2, 0.25) is 0 Å². The maximum atomic E-state index is 4.32. The molecule has 1 aromatic carbocycles. The second-order valence-corrected chi connectivity index (χ2v) is 6.91. The lowest BCUT2D eigenvalue weighted by Gasteiger charge is -2.19. The molecular formula is C15H21N3S. The van der Waals surface area contributed by atoms with E-state index in [1.54, 1.807) is 11.3 Å². The summed E-state index contributed by atoms with van der Waals surface area (Å²) in [6.45, 7) is 11.5. The normalized spacial score (nSPS) is 11.8. The Morgan fingerprint density at radius 3 is 2.58 bits per heavy atom. The zero-order valence-electron chi connectivity index (χ0n) is 12.2. The Labute approximate surface area is 119 Å². The Morgan fingerprint density at radius 2 is 1.89 bits per heavy atom. The van der Waals surface area contributed by atoms with Gasteiger partial charge in [0.05, 0.1) is 6.54 Å². The second kappa shape index (κ2) is 5.39. The highest BCUT2D eigenvalue weighted by atomic mass is 32.1. The molecule has 19 heavy (non-hydrogen) atoms. The van der Waals surface area contributed by atoms with Gasteiger partial charge in [-0.25, -0.2) is 0 Å². The highest BCUT2D eigenvalue weighted by Gasteiger charge is 2.13. The van der Waals surface area contributed by atoms with Gasteiger partial charge in [-0.2, -0.15) is 0 Å². The van der Waals surface area contributed by atoms with E-state index in [0.717, 1.165) is 16.6 Å².